The van der Waals surface area contributed by atoms with Gasteiger partial charge in [-0.2, -0.15) is 5.10 Å². The van der Waals surface area contributed by atoms with Crippen molar-refractivity contribution >= 4 is 10.9 Å². The van der Waals surface area contributed by atoms with Crippen LogP contribution in [0.1, 0.15) is 31.0 Å². The predicted molar refractivity (Wildman–Crippen MR) is 75.2 cm³/mol. The molecule has 0 radical (unpaired) electrons. The number of rotatable bonds is 5. The molecule has 1 N–H and O–H groups in total. The topological polar surface area (TPSA) is 29.9 Å². The molecule has 18 heavy (non-hydrogen) atoms. The fourth-order valence-electron chi connectivity index (χ4n) is 2.33. The lowest BCUT2D eigenvalue weighted by Crippen LogP contribution is -2.17. The second-order valence-electron chi connectivity index (χ2n) is 4.46. The zero-order valence-corrected chi connectivity index (χ0v) is 11.0. The van der Waals surface area contributed by atoms with Crippen LogP contribution in [0.25, 0.3) is 10.9 Å². The van der Waals surface area contributed by atoms with Crippen LogP contribution in [0.2, 0.25) is 0 Å². The highest BCUT2D eigenvalue weighted by atomic mass is 15.3. The molecule has 0 saturated carbocycles. The fraction of sp³-hybridized carbons (Fsp3) is 0.400. The second kappa shape index (κ2) is 5.70. The monoisotopic (exact) mass is 241 g/mol. The van der Waals surface area contributed by atoms with E-state index in [1.54, 1.807) is 0 Å². The highest BCUT2D eigenvalue weighted by Crippen LogP contribution is 2.26. The molecule has 0 spiro atoms. The number of nitrogens with one attached hydrogen (secondary N) is 1. The minimum Gasteiger partial charge on any atom is -0.312 e. The Morgan fingerprint density at radius 2 is 2.22 bits per heavy atom. The van der Waals surface area contributed by atoms with E-state index in [9.17, 15) is 0 Å². The molecule has 1 atom stereocenters. The first-order valence-electron chi connectivity index (χ1n) is 6.30. The van der Waals surface area contributed by atoms with Crippen molar-refractivity contribution < 1.29 is 0 Å². The van der Waals surface area contributed by atoms with Gasteiger partial charge in [-0.05, 0) is 26.0 Å². The van der Waals surface area contributed by atoms with Crippen LogP contribution in [0.3, 0.4) is 0 Å². The van der Waals surface area contributed by atoms with Gasteiger partial charge in [0.1, 0.15) is 0 Å². The van der Waals surface area contributed by atoms with Gasteiger partial charge in [0.15, 0.2) is 0 Å². The maximum Gasteiger partial charge on any atom is 0.0872 e. The van der Waals surface area contributed by atoms with Crippen LogP contribution < -0.4 is 5.32 Å². The van der Waals surface area contributed by atoms with Crippen LogP contribution in [-0.4, -0.2) is 16.8 Å². The summed E-state index contributed by atoms with van der Waals surface area (Å²) >= 11 is 0. The first-order chi connectivity index (χ1) is 8.77. The molecule has 1 unspecified atom stereocenters. The van der Waals surface area contributed by atoms with E-state index in [2.05, 4.69) is 34.5 Å². The molecule has 0 saturated heterocycles. The Morgan fingerprint density at radius 1 is 1.44 bits per heavy atom. The zero-order chi connectivity index (χ0) is 13.0. The summed E-state index contributed by atoms with van der Waals surface area (Å²) in [6, 6.07) is 8.59. The van der Waals surface area contributed by atoms with E-state index in [4.69, 9.17) is 6.42 Å². The van der Waals surface area contributed by atoms with Crippen LogP contribution in [0.5, 0.6) is 0 Å². The van der Waals surface area contributed by atoms with Gasteiger partial charge in [0.2, 0.25) is 0 Å². The fourth-order valence-corrected chi connectivity index (χ4v) is 2.33. The molecule has 1 aromatic carbocycles. The van der Waals surface area contributed by atoms with E-state index in [0.717, 1.165) is 25.0 Å². The van der Waals surface area contributed by atoms with Crippen molar-refractivity contribution in [1.82, 2.24) is 15.1 Å². The zero-order valence-electron chi connectivity index (χ0n) is 11.0. The van der Waals surface area contributed by atoms with Crippen LogP contribution >= 0.6 is 0 Å². The third kappa shape index (κ3) is 2.39. The Kier molecular flexibility index (Phi) is 4.01. The maximum absolute atomic E-state index is 5.30. The first-order valence-corrected chi connectivity index (χ1v) is 6.30. The van der Waals surface area contributed by atoms with Crippen LogP contribution in [0.4, 0.5) is 0 Å². The Morgan fingerprint density at radius 3 is 2.94 bits per heavy atom. The Labute approximate surface area is 108 Å². The third-order valence-corrected chi connectivity index (χ3v) is 3.28. The van der Waals surface area contributed by atoms with E-state index in [0.29, 0.717) is 0 Å². The maximum atomic E-state index is 5.30. The molecule has 2 aromatic rings. The van der Waals surface area contributed by atoms with Crippen molar-refractivity contribution in [3.8, 4) is 12.3 Å². The van der Waals surface area contributed by atoms with E-state index in [-0.39, 0.29) is 6.04 Å². The number of nitrogens with zero attached hydrogens (tertiary/aromatic N) is 2. The SMILES string of the molecule is C#CCCCC(NC)c1nn(C)c2ccccc12. The van der Waals surface area contributed by atoms with Gasteiger partial charge in [0.05, 0.1) is 17.3 Å². The Balaban J connectivity index is 2.31. The van der Waals surface area contributed by atoms with E-state index in [1.165, 1.54) is 10.9 Å². The molecule has 0 bridgehead atoms. The highest BCUT2D eigenvalue weighted by molar-refractivity contribution is 5.82. The minimum absolute atomic E-state index is 0.268. The van der Waals surface area contributed by atoms with Gasteiger partial charge in [-0.1, -0.05) is 18.2 Å². The molecule has 0 aliphatic rings. The van der Waals surface area contributed by atoms with Crippen LogP contribution in [0, 0.1) is 12.3 Å². The summed E-state index contributed by atoms with van der Waals surface area (Å²) < 4.78 is 1.94. The van der Waals surface area contributed by atoms with Crippen LogP contribution in [-0.2, 0) is 7.05 Å². The summed E-state index contributed by atoms with van der Waals surface area (Å²) in [7, 11) is 3.96. The molecule has 3 heteroatoms. The number of hydrogen-bond donors (Lipinski definition) is 1. The normalized spacial score (nSPS) is 12.5. The summed E-state index contributed by atoms with van der Waals surface area (Å²) in [6.45, 7) is 0. The van der Waals surface area contributed by atoms with Crippen molar-refractivity contribution in [3.63, 3.8) is 0 Å². The van der Waals surface area contributed by atoms with Crippen molar-refractivity contribution in [2.24, 2.45) is 7.05 Å². The molecule has 3 nitrogen and oxygen atoms in total. The van der Waals surface area contributed by atoms with Crippen molar-refractivity contribution in [2.45, 2.75) is 25.3 Å². The lowest BCUT2D eigenvalue weighted by molar-refractivity contribution is 0.515. The molecule has 1 heterocycles. The lowest BCUT2D eigenvalue weighted by Gasteiger charge is -2.13. The molecule has 1 aromatic heterocycles. The van der Waals surface area contributed by atoms with Gasteiger partial charge < -0.3 is 5.32 Å². The number of para-hydroxylation sites is 1. The number of benzene rings is 1. The molecule has 2 rings (SSSR count). The van der Waals surface area contributed by atoms with Gasteiger partial charge in [-0.25, -0.2) is 0 Å². The average molecular weight is 241 g/mol. The third-order valence-electron chi connectivity index (χ3n) is 3.28. The van der Waals surface area contributed by atoms with Gasteiger partial charge in [-0.3, -0.25) is 4.68 Å². The standard InChI is InChI=1S/C15H19N3/c1-4-5-6-10-13(16-2)15-12-9-7-8-11-14(12)18(3)17-15/h1,7-9,11,13,16H,5-6,10H2,2-3H3. The summed E-state index contributed by atoms with van der Waals surface area (Å²) in [6.07, 6.45) is 8.16. The molecule has 0 aliphatic heterocycles. The molecule has 0 aliphatic carbocycles. The summed E-state index contributed by atoms with van der Waals surface area (Å²) in [5.41, 5.74) is 2.29. The molecular weight excluding hydrogens is 222 g/mol. The second-order valence-corrected chi connectivity index (χ2v) is 4.46. The number of aryl methyl sites for hydroxylation is 1. The van der Waals surface area contributed by atoms with Gasteiger partial charge in [-0.15, -0.1) is 12.3 Å². The van der Waals surface area contributed by atoms with Crippen molar-refractivity contribution in [3.05, 3.63) is 30.0 Å². The Bertz CT molecular complexity index is 563. The molecular formula is C15H19N3. The van der Waals surface area contributed by atoms with Gasteiger partial charge in [0, 0.05) is 18.9 Å². The molecule has 94 valence electrons. The van der Waals surface area contributed by atoms with E-state index >= 15 is 0 Å². The number of terminal acetylenes is 1. The minimum atomic E-state index is 0.268. The number of aromatic nitrogens is 2. The predicted octanol–water partition coefficient (Wildman–Crippen LogP) is 2.64. The quantitative estimate of drug-likeness (QED) is 0.644. The smallest absolute Gasteiger partial charge is 0.0872 e. The van der Waals surface area contributed by atoms with Crippen molar-refractivity contribution in [1.29, 1.82) is 0 Å². The highest BCUT2D eigenvalue weighted by Gasteiger charge is 2.16. The number of fused-ring (bicyclic) bond motifs is 1. The largest absolute Gasteiger partial charge is 0.312 e. The summed E-state index contributed by atoms with van der Waals surface area (Å²) in [5, 5.41) is 9.20. The van der Waals surface area contributed by atoms with E-state index < -0.39 is 0 Å². The summed E-state index contributed by atoms with van der Waals surface area (Å²) in [4.78, 5) is 0. The Hall–Kier alpha value is -1.79. The summed E-state index contributed by atoms with van der Waals surface area (Å²) in [5.74, 6) is 2.69. The first kappa shape index (κ1) is 12.7. The number of unbranched alkanes of at least 4 members (excludes halogenated alkanes) is 1. The van der Waals surface area contributed by atoms with Gasteiger partial charge in [0.25, 0.3) is 0 Å². The number of hydrogen-bond acceptors (Lipinski definition) is 2. The average Bonchev–Trinajstić information content (AvgIpc) is 2.73. The van der Waals surface area contributed by atoms with Crippen molar-refractivity contribution in [2.75, 3.05) is 7.05 Å². The van der Waals surface area contributed by atoms with Crippen LogP contribution in [0.15, 0.2) is 24.3 Å². The van der Waals surface area contributed by atoms with Gasteiger partial charge >= 0.3 is 0 Å². The van der Waals surface area contributed by atoms with E-state index in [1.807, 2.05) is 24.8 Å². The molecule has 0 amide bonds. The lowest BCUT2D eigenvalue weighted by atomic mass is 10.0. The molecule has 0 fully saturated rings.